The summed E-state index contributed by atoms with van der Waals surface area (Å²) in [6.45, 7) is 0. The van der Waals surface area contributed by atoms with E-state index in [0.717, 1.165) is 72.4 Å². The maximum absolute atomic E-state index is 5.08. The quantitative estimate of drug-likeness (QED) is 0.132. The van der Waals surface area contributed by atoms with Crippen molar-refractivity contribution >= 4 is 87.2 Å². The van der Waals surface area contributed by atoms with E-state index in [4.69, 9.17) is 15.0 Å². The lowest BCUT2D eigenvalue weighted by molar-refractivity contribution is 0.953. The van der Waals surface area contributed by atoms with Gasteiger partial charge in [0, 0.05) is 82.4 Å². The zero-order valence-corrected chi connectivity index (χ0v) is 60.3. The van der Waals surface area contributed by atoms with Crippen LogP contribution in [0.2, 0.25) is 0 Å². The molecule has 0 bridgehead atoms. The number of rotatable bonds is 12. The topological polar surface area (TPSA) is 74.2 Å². The van der Waals surface area contributed by atoms with Crippen molar-refractivity contribution in [3.63, 3.8) is 0 Å². The van der Waals surface area contributed by atoms with Crippen LogP contribution in [0.1, 0.15) is 0 Å². The van der Waals surface area contributed by atoms with Gasteiger partial charge >= 0.3 is 0 Å². The summed E-state index contributed by atoms with van der Waals surface area (Å²) in [6.07, 6.45) is 0. The van der Waals surface area contributed by atoms with Gasteiger partial charge < -0.3 is 18.7 Å². The van der Waals surface area contributed by atoms with E-state index in [-0.39, 0.29) is 0 Å². The molecule has 0 spiro atoms. The Balaban J connectivity index is 0.000000143. The van der Waals surface area contributed by atoms with E-state index < -0.39 is 0 Å². The average Bonchev–Trinajstić information content (AvgIpc) is 1.61. The van der Waals surface area contributed by atoms with Crippen molar-refractivity contribution in [2.45, 2.75) is 0 Å². The molecule has 8 nitrogen and oxygen atoms in total. The molecule has 6 heterocycles. The number of benzene rings is 16. The second-order valence-electron chi connectivity index (χ2n) is 28.3. The van der Waals surface area contributed by atoms with Crippen LogP contribution in [0.15, 0.2) is 406 Å². The van der Waals surface area contributed by atoms with E-state index in [0.29, 0.717) is 17.6 Å². The lowest BCUT2D eigenvalue weighted by atomic mass is 9.91. The largest absolute Gasteiger partial charge is 0.353 e. The number of aromatic nitrogens is 8. The summed E-state index contributed by atoms with van der Waals surface area (Å²) >= 11 is 0. The molecule has 22 aromatic rings. The number of aromatic amines is 1. The van der Waals surface area contributed by atoms with Crippen LogP contribution in [0.4, 0.5) is 0 Å². The summed E-state index contributed by atoms with van der Waals surface area (Å²) in [5.74, 6) is 1.87. The first-order valence-electron chi connectivity index (χ1n) is 37.7. The Kier molecular flexibility index (Phi) is 15.7. The van der Waals surface area contributed by atoms with Gasteiger partial charge in [0.15, 0.2) is 11.6 Å². The minimum absolute atomic E-state index is 0.590. The smallest absolute Gasteiger partial charge is 0.238 e. The summed E-state index contributed by atoms with van der Waals surface area (Å²) in [4.78, 5) is 19.0. The molecule has 520 valence electrons. The number of nitrogens with zero attached hydrogens (tertiary/aromatic N) is 7. The van der Waals surface area contributed by atoms with Gasteiger partial charge in [0.2, 0.25) is 5.95 Å². The lowest BCUT2D eigenvalue weighted by Gasteiger charge is -2.12. The number of para-hydroxylation sites is 6. The van der Waals surface area contributed by atoms with Crippen LogP contribution in [0.25, 0.3) is 200 Å². The molecular weight excluding hydrogens is 1350 g/mol. The molecule has 0 saturated carbocycles. The van der Waals surface area contributed by atoms with E-state index in [1.165, 1.54) is 110 Å². The van der Waals surface area contributed by atoms with Crippen molar-refractivity contribution in [3.05, 3.63) is 406 Å². The zero-order valence-electron chi connectivity index (χ0n) is 60.3. The second-order valence-corrected chi connectivity index (χ2v) is 28.3. The molecule has 111 heavy (non-hydrogen) atoms. The van der Waals surface area contributed by atoms with Gasteiger partial charge in [-0.05, 0) is 154 Å². The molecule has 0 aliphatic carbocycles. The third kappa shape index (κ3) is 11.2. The Hall–Kier alpha value is -15.0. The molecule has 0 atom stereocenters. The molecule has 0 saturated heterocycles. The maximum Gasteiger partial charge on any atom is 0.238 e. The summed E-state index contributed by atoms with van der Waals surface area (Å²) < 4.78 is 9.31. The van der Waals surface area contributed by atoms with E-state index in [1.807, 2.05) is 60.7 Å². The SMILES string of the molecule is c1ccc(-c2[nH]c(-c3ccc(-n4c5ccccc5c5cc(-c6ccc7c(c6)c6ccccc6n7-c6ccccc6)ccc54)cc3)c(-c3ccccc3)c2-c2ccccc2)cc1.c1ccc(-c2nc(-c3ccccc3)nc(-n3c4ccccc4c4cc(-c5ccc6c(c5)c5ccccc5n6-c5ccccc5)ccc43)n2)cc1. The Bertz CT molecular complexity index is 7210. The molecule has 6 aromatic heterocycles. The van der Waals surface area contributed by atoms with Crippen molar-refractivity contribution in [2.75, 3.05) is 0 Å². The van der Waals surface area contributed by atoms with Gasteiger partial charge in [0.05, 0.1) is 55.5 Å². The molecule has 0 unspecified atom stereocenters. The summed E-state index contributed by atoms with van der Waals surface area (Å²) in [7, 11) is 0. The standard InChI is InChI=1S/C58H39N3.C45H29N5/c1-5-17-39(18-6-1)55-56(40-19-7-2-8-20-40)58(59-57(55)41-21-9-3-10-22-41)42-29-33-46(34-30-42)61-52-28-16-14-26-48(52)50-38-44(32-36-54(50)61)43-31-35-53-49(37-43)47-25-13-15-27-51(47)60(53)45-23-11-4-12-24-45;1-4-14-30(15-5-1)43-46-44(31-16-6-2-7-17-31)48-45(47-43)50-40-23-13-11-21-36(40)38-29-33(25-27-42(38)50)32-24-26-41-37(28-32)35-20-10-12-22-39(35)49(41)34-18-8-3-9-19-34/h1-38,59H;1-29H. The van der Waals surface area contributed by atoms with Crippen LogP contribution >= 0.6 is 0 Å². The minimum atomic E-state index is 0.590. The highest BCUT2D eigenvalue weighted by Gasteiger charge is 2.25. The van der Waals surface area contributed by atoms with Crippen molar-refractivity contribution in [2.24, 2.45) is 0 Å². The highest BCUT2D eigenvalue weighted by atomic mass is 15.2. The molecule has 8 heteroatoms. The molecule has 0 amide bonds. The van der Waals surface area contributed by atoms with Crippen LogP contribution < -0.4 is 0 Å². The Labute approximate surface area is 640 Å². The molecule has 22 rings (SSSR count). The fourth-order valence-corrected chi connectivity index (χ4v) is 16.8. The highest BCUT2D eigenvalue weighted by Crippen LogP contribution is 2.48. The second kappa shape index (κ2) is 27.1. The first-order valence-corrected chi connectivity index (χ1v) is 37.7. The highest BCUT2D eigenvalue weighted by molar-refractivity contribution is 6.15. The lowest BCUT2D eigenvalue weighted by Crippen LogP contribution is -2.06. The van der Waals surface area contributed by atoms with Crippen LogP contribution in [-0.2, 0) is 0 Å². The number of H-pyrrole nitrogens is 1. The van der Waals surface area contributed by atoms with Gasteiger partial charge in [-0.3, -0.25) is 4.57 Å². The van der Waals surface area contributed by atoms with Gasteiger partial charge in [-0.1, -0.05) is 297 Å². The Morgan fingerprint density at radius 3 is 0.757 bits per heavy atom. The fraction of sp³-hybridized carbons (Fsp3) is 0. The van der Waals surface area contributed by atoms with Crippen LogP contribution in [0, 0.1) is 0 Å². The normalized spacial score (nSPS) is 11.6. The van der Waals surface area contributed by atoms with Crippen LogP contribution in [0.5, 0.6) is 0 Å². The molecule has 0 aliphatic heterocycles. The van der Waals surface area contributed by atoms with E-state index in [2.05, 4.69) is 369 Å². The summed E-state index contributed by atoms with van der Waals surface area (Å²) in [5.41, 5.74) is 28.6. The van der Waals surface area contributed by atoms with Gasteiger partial charge in [0.1, 0.15) is 0 Å². The van der Waals surface area contributed by atoms with Crippen LogP contribution in [0.3, 0.4) is 0 Å². The van der Waals surface area contributed by atoms with Gasteiger partial charge in [-0.25, -0.2) is 4.98 Å². The number of nitrogens with one attached hydrogen (secondary N) is 1. The molecule has 0 aliphatic rings. The summed E-state index contributed by atoms with van der Waals surface area (Å²) in [5, 5.41) is 9.75. The molecule has 0 radical (unpaired) electrons. The monoisotopic (exact) mass is 1420 g/mol. The van der Waals surface area contributed by atoms with Crippen molar-refractivity contribution in [3.8, 4) is 113 Å². The van der Waals surface area contributed by atoms with Crippen molar-refractivity contribution < 1.29 is 0 Å². The first kappa shape index (κ1) is 64.4. The predicted molar refractivity (Wildman–Crippen MR) is 461 cm³/mol. The van der Waals surface area contributed by atoms with Crippen molar-refractivity contribution in [1.82, 2.24) is 38.2 Å². The Morgan fingerprint density at radius 1 is 0.171 bits per heavy atom. The Morgan fingerprint density at radius 2 is 0.414 bits per heavy atom. The molecular formula is C103H68N8. The molecule has 1 N–H and O–H groups in total. The van der Waals surface area contributed by atoms with Crippen LogP contribution in [-0.4, -0.2) is 38.2 Å². The van der Waals surface area contributed by atoms with Gasteiger partial charge in [-0.2, -0.15) is 9.97 Å². The zero-order chi connectivity index (χ0) is 73.3. The maximum atomic E-state index is 5.08. The first-order chi connectivity index (χ1) is 55.1. The molecule has 16 aromatic carbocycles. The average molecular weight is 1420 g/mol. The third-order valence-corrected chi connectivity index (χ3v) is 21.9. The number of fused-ring (bicyclic) bond motifs is 12. The predicted octanol–water partition coefficient (Wildman–Crippen LogP) is 26.6. The van der Waals surface area contributed by atoms with Gasteiger partial charge in [0.25, 0.3) is 0 Å². The third-order valence-electron chi connectivity index (χ3n) is 21.9. The van der Waals surface area contributed by atoms with Crippen molar-refractivity contribution in [1.29, 1.82) is 0 Å². The number of hydrogen-bond acceptors (Lipinski definition) is 3. The van der Waals surface area contributed by atoms with E-state index in [9.17, 15) is 0 Å². The number of hydrogen-bond donors (Lipinski definition) is 1. The minimum Gasteiger partial charge on any atom is -0.353 e. The van der Waals surface area contributed by atoms with E-state index >= 15 is 0 Å². The fourth-order valence-electron chi connectivity index (χ4n) is 16.8. The van der Waals surface area contributed by atoms with Gasteiger partial charge in [-0.15, -0.1) is 0 Å². The summed E-state index contributed by atoms with van der Waals surface area (Å²) in [6, 6.07) is 145. The molecule has 0 fully saturated rings. The van der Waals surface area contributed by atoms with E-state index in [1.54, 1.807) is 0 Å².